The van der Waals surface area contributed by atoms with E-state index < -0.39 is 6.03 Å². The number of nitrogen functional groups attached to an aromatic ring is 1. The fraction of sp³-hybridized carbons (Fsp3) is 0.462. The van der Waals surface area contributed by atoms with E-state index in [-0.39, 0.29) is 17.7 Å². The molecule has 0 unspecified atom stereocenters. The molecule has 20 heavy (non-hydrogen) atoms. The highest BCUT2D eigenvalue weighted by Gasteiger charge is 2.18. The number of hydrogen-bond acceptors (Lipinski definition) is 5. The molecule has 0 atom stereocenters. The molecule has 1 aliphatic rings. The van der Waals surface area contributed by atoms with Crippen LogP contribution in [0.1, 0.15) is 25.7 Å². The molecule has 2 rings (SSSR count). The highest BCUT2D eigenvalue weighted by Crippen LogP contribution is 2.18. The number of amides is 3. The number of aromatic nitrogens is 1. The minimum atomic E-state index is -0.405. The van der Waals surface area contributed by atoms with Crippen LogP contribution in [-0.4, -0.2) is 28.7 Å². The van der Waals surface area contributed by atoms with E-state index in [4.69, 9.17) is 5.73 Å². The fourth-order valence-electron chi connectivity index (χ4n) is 2.08. The summed E-state index contributed by atoms with van der Waals surface area (Å²) in [7, 11) is 0. The average molecular weight is 294 g/mol. The predicted octanol–water partition coefficient (Wildman–Crippen LogP) is 1.52. The molecule has 0 spiro atoms. The van der Waals surface area contributed by atoms with Crippen molar-refractivity contribution < 1.29 is 9.59 Å². The molecule has 0 saturated heterocycles. The van der Waals surface area contributed by atoms with Gasteiger partial charge in [-0.3, -0.25) is 10.1 Å². The molecule has 1 saturated carbocycles. The lowest BCUT2D eigenvalue weighted by Gasteiger charge is -2.12. The zero-order valence-electron chi connectivity index (χ0n) is 11.1. The first-order chi connectivity index (χ1) is 9.63. The number of thioether (sulfide) groups is 1. The summed E-state index contributed by atoms with van der Waals surface area (Å²) in [5, 5.41) is 5.14. The van der Waals surface area contributed by atoms with Gasteiger partial charge in [0.15, 0.2) is 0 Å². The van der Waals surface area contributed by atoms with Crippen molar-refractivity contribution in [3.05, 3.63) is 18.3 Å². The molecule has 1 aromatic heterocycles. The van der Waals surface area contributed by atoms with Gasteiger partial charge in [-0.15, -0.1) is 11.8 Å². The zero-order chi connectivity index (χ0) is 14.4. The zero-order valence-corrected chi connectivity index (χ0v) is 11.9. The van der Waals surface area contributed by atoms with Gasteiger partial charge in [-0.25, -0.2) is 9.78 Å². The quantitative estimate of drug-likeness (QED) is 0.732. The number of nitrogens with two attached hydrogens (primary N) is 1. The van der Waals surface area contributed by atoms with Crippen molar-refractivity contribution in [2.45, 2.75) is 36.6 Å². The number of urea groups is 1. The molecule has 6 nitrogen and oxygen atoms in total. The van der Waals surface area contributed by atoms with Gasteiger partial charge in [-0.2, -0.15) is 0 Å². The number of pyridine rings is 1. The van der Waals surface area contributed by atoms with E-state index in [1.807, 2.05) is 0 Å². The van der Waals surface area contributed by atoms with E-state index in [9.17, 15) is 9.59 Å². The number of carbonyl (C=O) groups excluding carboxylic acids is 2. The van der Waals surface area contributed by atoms with E-state index in [1.54, 1.807) is 18.3 Å². The van der Waals surface area contributed by atoms with Gasteiger partial charge >= 0.3 is 6.03 Å². The van der Waals surface area contributed by atoms with Gasteiger partial charge in [0, 0.05) is 17.1 Å². The first-order valence-electron chi connectivity index (χ1n) is 6.58. The van der Waals surface area contributed by atoms with Crippen molar-refractivity contribution in [2.24, 2.45) is 0 Å². The molecule has 1 fully saturated rings. The summed E-state index contributed by atoms with van der Waals surface area (Å²) in [5.74, 6) is 0.293. The number of rotatable bonds is 4. The molecular formula is C13H18N4O2S. The van der Waals surface area contributed by atoms with Crippen molar-refractivity contribution in [3.8, 4) is 0 Å². The fourth-order valence-corrected chi connectivity index (χ4v) is 2.74. The van der Waals surface area contributed by atoms with Crippen molar-refractivity contribution in [1.82, 2.24) is 15.6 Å². The molecule has 108 valence electrons. The van der Waals surface area contributed by atoms with E-state index in [0.29, 0.717) is 5.82 Å². The van der Waals surface area contributed by atoms with Crippen molar-refractivity contribution in [2.75, 3.05) is 11.5 Å². The Hall–Kier alpha value is -1.76. The van der Waals surface area contributed by atoms with Crippen LogP contribution < -0.4 is 16.4 Å². The second kappa shape index (κ2) is 7.14. The Morgan fingerprint density at radius 2 is 2.10 bits per heavy atom. The number of hydrogen-bond donors (Lipinski definition) is 3. The third-order valence-corrected chi connectivity index (χ3v) is 4.05. The summed E-state index contributed by atoms with van der Waals surface area (Å²) in [4.78, 5) is 28.0. The minimum absolute atomic E-state index is 0.170. The Labute approximate surface area is 121 Å². The summed E-state index contributed by atoms with van der Waals surface area (Å²) in [6.07, 6.45) is 5.87. The van der Waals surface area contributed by atoms with E-state index in [2.05, 4.69) is 15.6 Å². The van der Waals surface area contributed by atoms with Crippen LogP contribution >= 0.6 is 11.8 Å². The van der Waals surface area contributed by atoms with Gasteiger partial charge in [0.05, 0.1) is 5.75 Å². The van der Waals surface area contributed by atoms with Gasteiger partial charge in [0.2, 0.25) is 5.91 Å². The molecule has 0 bridgehead atoms. The van der Waals surface area contributed by atoms with Gasteiger partial charge in [0.25, 0.3) is 0 Å². The third kappa shape index (κ3) is 4.73. The van der Waals surface area contributed by atoms with E-state index in [1.165, 1.54) is 11.8 Å². The summed E-state index contributed by atoms with van der Waals surface area (Å²) in [6, 6.07) is 3.26. The topological polar surface area (TPSA) is 97.1 Å². The largest absolute Gasteiger partial charge is 0.384 e. The Balaban J connectivity index is 1.69. The normalized spacial score (nSPS) is 15.0. The lowest BCUT2D eigenvalue weighted by Crippen LogP contribution is -2.44. The maximum atomic E-state index is 11.6. The molecule has 1 aliphatic carbocycles. The number of nitrogens with one attached hydrogen (secondary N) is 2. The highest BCUT2D eigenvalue weighted by molar-refractivity contribution is 8.00. The van der Waals surface area contributed by atoms with Gasteiger partial charge in [-0.1, -0.05) is 12.8 Å². The Morgan fingerprint density at radius 3 is 2.75 bits per heavy atom. The van der Waals surface area contributed by atoms with Crippen LogP contribution in [0.5, 0.6) is 0 Å². The van der Waals surface area contributed by atoms with Crippen LogP contribution in [0.2, 0.25) is 0 Å². The van der Waals surface area contributed by atoms with Crippen LogP contribution in [0.4, 0.5) is 10.6 Å². The third-order valence-electron chi connectivity index (χ3n) is 3.07. The molecule has 7 heteroatoms. The molecular weight excluding hydrogens is 276 g/mol. The second-order valence-corrected chi connectivity index (χ2v) is 5.76. The van der Waals surface area contributed by atoms with Crippen molar-refractivity contribution in [1.29, 1.82) is 0 Å². The molecule has 3 amide bonds. The van der Waals surface area contributed by atoms with Crippen LogP contribution in [0.15, 0.2) is 23.2 Å². The Bertz CT molecular complexity index is 472. The number of nitrogens with zero attached hydrogens (tertiary/aromatic N) is 1. The highest BCUT2D eigenvalue weighted by atomic mass is 32.2. The van der Waals surface area contributed by atoms with Gasteiger partial charge < -0.3 is 11.1 Å². The lowest BCUT2D eigenvalue weighted by molar-refractivity contribution is -0.117. The first-order valence-corrected chi connectivity index (χ1v) is 7.57. The molecule has 1 aromatic rings. The maximum absolute atomic E-state index is 11.6. The lowest BCUT2D eigenvalue weighted by atomic mass is 10.2. The predicted molar refractivity (Wildman–Crippen MR) is 78.3 cm³/mol. The minimum Gasteiger partial charge on any atom is -0.384 e. The standard InChI is InChI=1S/C13H18N4O2S/c14-11-6-5-10(7-15-11)20-8-12(18)17-13(19)16-9-3-1-2-4-9/h5-7,9H,1-4,8H2,(H2,14,15)(H2,16,17,18,19). The summed E-state index contributed by atoms with van der Waals surface area (Å²) < 4.78 is 0. The van der Waals surface area contributed by atoms with Crippen LogP contribution in [-0.2, 0) is 4.79 Å². The van der Waals surface area contributed by atoms with Gasteiger partial charge in [-0.05, 0) is 25.0 Å². The molecule has 1 heterocycles. The Kier molecular flexibility index (Phi) is 5.23. The van der Waals surface area contributed by atoms with E-state index >= 15 is 0 Å². The van der Waals surface area contributed by atoms with E-state index in [0.717, 1.165) is 30.6 Å². The van der Waals surface area contributed by atoms with Crippen LogP contribution in [0.3, 0.4) is 0 Å². The molecule has 4 N–H and O–H groups in total. The molecule has 0 aromatic carbocycles. The van der Waals surface area contributed by atoms with Crippen molar-refractivity contribution >= 4 is 29.5 Å². The van der Waals surface area contributed by atoms with Crippen LogP contribution in [0.25, 0.3) is 0 Å². The molecule has 0 aliphatic heterocycles. The SMILES string of the molecule is Nc1ccc(SCC(=O)NC(=O)NC2CCCC2)cn1. The smallest absolute Gasteiger partial charge is 0.321 e. The monoisotopic (exact) mass is 294 g/mol. The molecule has 0 radical (unpaired) electrons. The number of carbonyl (C=O) groups is 2. The van der Waals surface area contributed by atoms with Crippen LogP contribution in [0, 0.1) is 0 Å². The Morgan fingerprint density at radius 1 is 1.35 bits per heavy atom. The first kappa shape index (κ1) is 14.6. The maximum Gasteiger partial charge on any atom is 0.321 e. The van der Waals surface area contributed by atoms with Gasteiger partial charge in [0.1, 0.15) is 5.82 Å². The summed E-state index contributed by atoms with van der Waals surface area (Å²) in [5.41, 5.74) is 5.47. The number of imide groups is 1. The second-order valence-electron chi connectivity index (χ2n) is 4.71. The average Bonchev–Trinajstić information content (AvgIpc) is 2.90. The summed E-state index contributed by atoms with van der Waals surface area (Å²) >= 11 is 1.31. The number of anilines is 1. The van der Waals surface area contributed by atoms with Crippen molar-refractivity contribution in [3.63, 3.8) is 0 Å². The summed E-state index contributed by atoms with van der Waals surface area (Å²) in [6.45, 7) is 0.